The molecule has 8 nitrogen and oxygen atoms in total. The van der Waals surface area contributed by atoms with Crippen molar-refractivity contribution >= 4 is 39.1 Å². The van der Waals surface area contributed by atoms with Gasteiger partial charge >= 0.3 is 6.09 Å². The second-order valence-electron chi connectivity index (χ2n) is 4.47. The fourth-order valence-electron chi connectivity index (χ4n) is 1.78. The van der Waals surface area contributed by atoms with Crippen LogP contribution in [0.3, 0.4) is 0 Å². The SMILES string of the molecule is Cc1noc(-c2ccc(NS(C)(=O)=O)cc2Cl)c1NC(=O)O. The molecule has 1 heterocycles. The summed E-state index contributed by atoms with van der Waals surface area (Å²) < 4.78 is 29.8. The van der Waals surface area contributed by atoms with Gasteiger partial charge in [0.2, 0.25) is 10.0 Å². The Kier molecular flexibility index (Phi) is 4.29. The van der Waals surface area contributed by atoms with Gasteiger partial charge in [0.15, 0.2) is 5.76 Å². The predicted octanol–water partition coefficient (Wildman–Crippen LogP) is 2.76. The predicted molar refractivity (Wildman–Crippen MR) is 81.8 cm³/mol. The Balaban J connectivity index is 2.44. The summed E-state index contributed by atoms with van der Waals surface area (Å²) in [6.45, 7) is 1.58. The molecule has 1 amide bonds. The molecule has 0 aliphatic carbocycles. The number of nitrogens with one attached hydrogen (secondary N) is 2. The molecule has 1 aromatic heterocycles. The van der Waals surface area contributed by atoms with E-state index in [2.05, 4.69) is 15.2 Å². The van der Waals surface area contributed by atoms with E-state index < -0.39 is 16.1 Å². The summed E-state index contributed by atoms with van der Waals surface area (Å²) in [7, 11) is -3.43. The van der Waals surface area contributed by atoms with E-state index in [9.17, 15) is 13.2 Å². The van der Waals surface area contributed by atoms with Crippen LogP contribution in [0, 0.1) is 6.92 Å². The van der Waals surface area contributed by atoms with Crippen LogP contribution in [0.15, 0.2) is 22.7 Å². The zero-order valence-corrected chi connectivity index (χ0v) is 13.1. The lowest BCUT2D eigenvalue weighted by atomic mass is 10.1. The van der Waals surface area contributed by atoms with Crippen molar-refractivity contribution in [2.45, 2.75) is 6.92 Å². The number of rotatable bonds is 4. The molecule has 0 saturated carbocycles. The van der Waals surface area contributed by atoms with E-state index in [1.165, 1.54) is 18.2 Å². The fourth-order valence-corrected chi connectivity index (χ4v) is 2.61. The van der Waals surface area contributed by atoms with E-state index in [0.29, 0.717) is 11.3 Å². The number of nitrogens with zero attached hydrogens (tertiary/aromatic N) is 1. The standard InChI is InChI=1S/C12H12ClN3O5S/c1-6-10(14-12(17)18)11(21-15-6)8-4-3-7(5-9(8)13)16-22(2,19)20/h3-5,14,16H,1-2H3,(H,17,18). The number of benzene rings is 1. The van der Waals surface area contributed by atoms with Gasteiger partial charge in [0.05, 0.1) is 11.3 Å². The van der Waals surface area contributed by atoms with Crippen LogP contribution < -0.4 is 10.0 Å². The van der Waals surface area contributed by atoms with Crippen LogP contribution >= 0.6 is 11.6 Å². The monoisotopic (exact) mass is 345 g/mol. The van der Waals surface area contributed by atoms with Crippen LogP contribution in [-0.4, -0.2) is 31.0 Å². The summed E-state index contributed by atoms with van der Waals surface area (Å²) in [5.74, 6) is 0.149. The van der Waals surface area contributed by atoms with E-state index in [1.807, 2.05) is 0 Å². The number of amides is 1. The fraction of sp³-hybridized carbons (Fsp3) is 0.167. The minimum atomic E-state index is -3.43. The second kappa shape index (κ2) is 5.85. The van der Waals surface area contributed by atoms with Gasteiger partial charge in [0, 0.05) is 11.3 Å². The maximum Gasteiger partial charge on any atom is 0.409 e. The van der Waals surface area contributed by atoms with Crippen LogP contribution in [0.2, 0.25) is 5.02 Å². The number of carbonyl (C=O) groups is 1. The molecule has 0 aliphatic heterocycles. The zero-order valence-electron chi connectivity index (χ0n) is 11.5. The Morgan fingerprint density at radius 3 is 2.64 bits per heavy atom. The van der Waals surface area contributed by atoms with Crippen LogP contribution in [0.5, 0.6) is 0 Å². The summed E-state index contributed by atoms with van der Waals surface area (Å²) in [6, 6.07) is 4.37. The Bertz CT molecular complexity index is 831. The van der Waals surface area contributed by atoms with Crippen molar-refractivity contribution in [2.24, 2.45) is 0 Å². The van der Waals surface area contributed by atoms with Gasteiger partial charge in [-0.1, -0.05) is 16.8 Å². The van der Waals surface area contributed by atoms with Crippen molar-refractivity contribution in [1.82, 2.24) is 5.16 Å². The second-order valence-corrected chi connectivity index (χ2v) is 6.63. The first-order valence-corrected chi connectivity index (χ1v) is 8.18. The topological polar surface area (TPSA) is 122 Å². The molecule has 0 radical (unpaired) electrons. The lowest BCUT2D eigenvalue weighted by molar-refractivity contribution is 0.209. The average molecular weight is 346 g/mol. The highest BCUT2D eigenvalue weighted by Crippen LogP contribution is 2.36. The number of halogens is 1. The number of anilines is 2. The lowest BCUT2D eigenvalue weighted by Crippen LogP contribution is -2.09. The minimum absolute atomic E-state index is 0.149. The largest absolute Gasteiger partial charge is 0.465 e. The van der Waals surface area contributed by atoms with Crippen molar-refractivity contribution < 1.29 is 22.8 Å². The molecule has 0 atom stereocenters. The number of hydrogen-bond acceptors (Lipinski definition) is 5. The Labute approximate surface area is 131 Å². The van der Waals surface area contributed by atoms with E-state index in [4.69, 9.17) is 21.2 Å². The molecule has 0 saturated heterocycles. The van der Waals surface area contributed by atoms with Gasteiger partial charge in [-0.25, -0.2) is 13.2 Å². The Morgan fingerprint density at radius 2 is 2.09 bits per heavy atom. The Morgan fingerprint density at radius 1 is 1.41 bits per heavy atom. The number of aromatic nitrogens is 1. The number of aryl methyl sites for hydroxylation is 1. The van der Waals surface area contributed by atoms with Gasteiger partial charge < -0.3 is 9.63 Å². The van der Waals surface area contributed by atoms with Crippen LogP contribution in [0.25, 0.3) is 11.3 Å². The minimum Gasteiger partial charge on any atom is -0.465 e. The highest BCUT2D eigenvalue weighted by molar-refractivity contribution is 7.92. The lowest BCUT2D eigenvalue weighted by Gasteiger charge is -2.08. The first-order chi connectivity index (χ1) is 10.2. The van der Waals surface area contributed by atoms with E-state index >= 15 is 0 Å². The first kappa shape index (κ1) is 16.1. The number of hydrogen-bond donors (Lipinski definition) is 3. The Hall–Kier alpha value is -2.26. The molecule has 0 spiro atoms. The molecule has 0 aliphatic rings. The maximum absolute atomic E-state index is 11.2. The summed E-state index contributed by atoms with van der Waals surface area (Å²) in [5.41, 5.74) is 1.19. The van der Waals surface area contributed by atoms with Crippen molar-refractivity contribution in [1.29, 1.82) is 0 Å². The van der Waals surface area contributed by atoms with Gasteiger partial charge in [0.1, 0.15) is 11.4 Å². The highest BCUT2D eigenvalue weighted by Gasteiger charge is 2.19. The molecule has 0 fully saturated rings. The van der Waals surface area contributed by atoms with Crippen molar-refractivity contribution in [3.8, 4) is 11.3 Å². The van der Waals surface area contributed by atoms with Crippen molar-refractivity contribution in [3.05, 3.63) is 28.9 Å². The number of carboxylic acid groups (broad SMARTS) is 1. The van der Waals surface area contributed by atoms with E-state index in [1.54, 1.807) is 6.92 Å². The molecule has 1 aromatic carbocycles. The highest BCUT2D eigenvalue weighted by atomic mass is 35.5. The van der Waals surface area contributed by atoms with Crippen molar-refractivity contribution in [2.75, 3.05) is 16.3 Å². The molecule has 3 N–H and O–H groups in total. The molecule has 2 aromatic rings. The normalized spacial score (nSPS) is 11.2. The molecular formula is C12H12ClN3O5S. The van der Waals surface area contributed by atoms with Gasteiger partial charge in [-0.3, -0.25) is 10.0 Å². The van der Waals surface area contributed by atoms with Gasteiger partial charge in [-0.2, -0.15) is 0 Å². The van der Waals surface area contributed by atoms with E-state index in [0.717, 1.165) is 6.26 Å². The summed E-state index contributed by atoms with van der Waals surface area (Å²) >= 11 is 6.11. The van der Waals surface area contributed by atoms with Crippen LogP contribution in [0.1, 0.15) is 5.69 Å². The molecule has 10 heteroatoms. The van der Waals surface area contributed by atoms with Gasteiger partial charge in [-0.15, -0.1) is 0 Å². The third-order valence-corrected chi connectivity index (χ3v) is 3.53. The third-order valence-electron chi connectivity index (χ3n) is 2.61. The molecule has 22 heavy (non-hydrogen) atoms. The summed E-state index contributed by atoms with van der Waals surface area (Å²) in [4.78, 5) is 10.8. The van der Waals surface area contributed by atoms with Crippen LogP contribution in [-0.2, 0) is 10.0 Å². The summed E-state index contributed by atoms with van der Waals surface area (Å²) in [6.07, 6.45) is -0.247. The average Bonchev–Trinajstić information content (AvgIpc) is 2.69. The molecule has 118 valence electrons. The third kappa shape index (κ3) is 3.68. The van der Waals surface area contributed by atoms with Gasteiger partial charge in [0.25, 0.3) is 0 Å². The molecule has 0 bridgehead atoms. The van der Waals surface area contributed by atoms with Crippen molar-refractivity contribution in [3.63, 3.8) is 0 Å². The van der Waals surface area contributed by atoms with Gasteiger partial charge in [-0.05, 0) is 25.1 Å². The molecule has 0 unspecified atom stereocenters. The quantitative estimate of drug-likeness (QED) is 0.783. The number of sulfonamides is 1. The first-order valence-electron chi connectivity index (χ1n) is 5.91. The zero-order chi connectivity index (χ0) is 16.5. The molecule has 2 rings (SSSR count). The van der Waals surface area contributed by atoms with E-state index in [-0.39, 0.29) is 22.2 Å². The smallest absolute Gasteiger partial charge is 0.409 e. The van der Waals surface area contributed by atoms with Crippen LogP contribution in [0.4, 0.5) is 16.2 Å². The summed E-state index contributed by atoms with van der Waals surface area (Å²) in [5, 5.41) is 14.9. The maximum atomic E-state index is 11.2. The molecular weight excluding hydrogens is 334 g/mol.